The number of hydrogen-bond donors (Lipinski definition) is 0. The zero-order chi connectivity index (χ0) is 14.0. The van der Waals surface area contributed by atoms with Gasteiger partial charge in [-0.25, -0.2) is 0 Å². The minimum absolute atomic E-state index is 0.00922. The maximum Gasteiger partial charge on any atom is 0.300 e. The van der Waals surface area contributed by atoms with E-state index >= 15 is 0 Å². The maximum atomic E-state index is 12.4. The standard InChI is InChI=1S/C12H13ClN2O3S/c1-14(8-5-6-19-7-8)12(16)9-3-2-4-10(13)11(9)15(17)18/h2-4,8H,5-7H2,1H3. The zero-order valence-electron chi connectivity index (χ0n) is 10.3. The van der Waals surface area contributed by atoms with Crippen molar-refractivity contribution in [1.82, 2.24) is 4.90 Å². The van der Waals surface area contributed by atoms with Gasteiger partial charge < -0.3 is 4.90 Å². The van der Waals surface area contributed by atoms with Crippen LogP contribution in [-0.2, 0) is 0 Å². The van der Waals surface area contributed by atoms with Crippen LogP contribution in [0.1, 0.15) is 16.8 Å². The minimum atomic E-state index is -0.604. The summed E-state index contributed by atoms with van der Waals surface area (Å²) in [4.78, 5) is 24.4. The fourth-order valence-corrected chi connectivity index (χ4v) is 3.57. The highest BCUT2D eigenvalue weighted by atomic mass is 35.5. The number of nitrogens with zero attached hydrogens (tertiary/aromatic N) is 2. The van der Waals surface area contributed by atoms with Gasteiger partial charge in [-0.2, -0.15) is 11.8 Å². The Labute approximate surface area is 120 Å². The van der Waals surface area contributed by atoms with Crippen LogP contribution in [-0.4, -0.2) is 40.3 Å². The number of amides is 1. The van der Waals surface area contributed by atoms with Crippen molar-refractivity contribution in [3.8, 4) is 0 Å². The van der Waals surface area contributed by atoms with E-state index in [1.807, 2.05) is 0 Å². The first-order valence-corrected chi connectivity index (χ1v) is 7.33. The van der Waals surface area contributed by atoms with Crippen molar-refractivity contribution in [3.05, 3.63) is 38.9 Å². The molecule has 0 spiro atoms. The lowest BCUT2D eigenvalue weighted by Gasteiger charge is -2.23. The van der Waals surface area contributed by atoms with Crippen LogP contribution in [0, 0.1) is 10.1 Å². The summed E-state index contributed by atoms with van der Waals surface area (Å²) in [5.74, 6) is 1.54. The summed E-state index contributed by atoms with van der Waals surface area (Å²) >= 11 is 7.60. The SMILES string of the molecule is CN(C(=O)c1cccc(Cl)c1[N+](=O)[O-])C1CCSC1. The lowest BCUT2D eigenvalue weighted by atomic mass is 10.1. The minimum Gasteiger partial charge on any atom is -0.338 e. The molecule has 102 valence electrons. The first-order chi connectivity index (χ1) is 9.02. The molecule has 0 radical (unpaired) electrons. The third kappa shape index (κ3) is 2.84. The Hall–Kier alpha value is -1.27. The summed E-state index contributed by atoms with van der Waals surface area (Å²) in [6.45, 7) is 0. The van der Waals surface area contributed by atoms with Crippen molar-refractivity contribution in [3.63, 3.8) is 0 Å². The molecule has 1 aliphatic rings. The van der Waals surface area contributed by atoms with Crippen molar-refractivity contribution in [2.75, 3.05) is 18.6 Å². The molecule has 19 heavy (non-hydrogen) atoms. The predicted molar refractivity (Wildman–Crippen MR) is 75.9 cm³/mol. The van der Waals surface area contributed by atoms with Crippen LogP contribution in [0.2, 0.25) is 5.02 Å². The Morgan fingerprint density at radius 3 is 2.89 bits per heavy atom. The number of carbonyl (C=O) groups is 1. The second kappa shape index (κ2) is 5.79. The topological polar surface area (TPSA) is 63.5 Å². The van der Waals surface area contributed by atoms with E-state index in [0.717, 1.165) is 17.9 Å². The molecule has 1 heterocycles. The average Bonchev–Trinajstić information content (AvgIpc) is 2.90. The smallest absolute Gasteiger partial charge is 0.300 e. The first kappa shape index (κ1) is 14.1. The quantitative estimate of drug-likeness (QED) is 0.636. The van der Waals surface area contributed by atoms with Gasteiger partial charge in [0, 0.05) is 18.8 Å². The Bertz CT molecular complexity index is 518. The summed E-state index contributed by atoms with van der Waals surface area (Å²) in [5.41, 5.74) is -0.261. The second-order valence-electron chi connectivity index (χ2n) is 4.33. The van der Waals surface area contributed by atoms with Crippen molar-refractivity contribution in [2.45, 2.75) is 12.5 Å². The highest BCUT2D eigenvalue weighted by Gasteiger charge is 2.30. The van der Waals surface area contributed by atoms with Crippen LogP contribution in [0.25, 0.3) is 0 Å². The lowest BCUT2D eigenvalue weighted by molar-refractivity contribution is -0.385. The molecule has 2 rings (SSSR count). The number of para-hydroxylation sites is 1. The van der Waals surface area contributed by atoms with Gasteiger partial charge in [0.15, 0.2) is 0 Å². The third-order valence-electron chi connectivity index (χ3n) is 3.17. The fraction of sp³-hybridized carbons (Fsp3) is 0.417. The molecule has 1 aromatic rings. The van der Waals surface area contributed by atoms with Gasteiger partial charge in [0.1, 0.15) is 10.6 Å². The Morgan fingerprint density at radius 1 is 1.58 bits per heavy atom. The van der Waals surface area contributed by atoms with Gasteiger partial charge in [-0.1, -0.05) is 17.7 Å². The first-order valence-electron chi connectivity index (χ1n) is 5.80. The van der Waals surface area contributed by atoms with E-state index < -0.39 is 4.92 Å². The number of thioether (sulfide) groups is 1. The number of halogens is 1. The summed E-state index contributed by atoms with van der Waals surface area (Å²) < 4.78 is 0. The molecule has 1 saturated heterocycles. The average molecular weight is 301 g/mol. The molecule has 1 fully saturated rings. The van der Waals surface area contributed by atoms with Crippen molar-refractivity contribution in [2.24, 2.45) is 0 Å². The van der Waals surface area contributed by atoms with E-state index in [2.05, 4.69) is 0 Å². The lowest BCUT2D eigenvalue weighted by Crippen LogP contribution is -2.37. The molecule has 0 aromatic heterocycles. The predicted octanol–water partition coefficient (Wildman–Crippen LogP) is 2.83. The van der Waals surface area contributed by atoms with E-state index in [1.165, 1.54) is 12.1 Å². The normalized spacial score (nSPS) is 18.3. The molecule has 1 aromatic carbocycles. The molecule has 1 atom stereocenters. The van der Waals surface area contributed by atoms with Gasteiger partial charge in [-0.3, -0.25) is 14.9 Å². The number of nitro groups is 1. The summed E-state index contributed by atoms with van der Waals surface area (Å²) in [6.07, 6.45) is 0.918. The highest BCUT2D eigenvalue weighted by molar-refractivity contribution is 7.99. The fourth-order valence-electron chi connectivity index (χ4n) is 2.06. The molecular weight excluding hydrogens is 288 g/mol. The Morgan fingerprint density at radius 2 is 2.32 bits per heavy atom. The number of hydrogen-bond acceptors (Lipinski definition) is 4. The van der Waals surface area contributed by atoms with E-state index in [0.29, 0.717) is 0 Å². The summed E-state index contributed by atoms with van der Waals surface area (Å²) in [5, 5.41) is 11.0. The van der Waals surface area contributed by atoms with E-state index in [-0.39, 0.29) is 28.2 Å². The third-order valence-corrected chi connectivity index (χ3v) is 4.62. The number of carbonyl (C=O) groups excluding carboxylic acids is 1. The molecule has 0 saturated carbocycles. The van der Waals surface area contributed by atoms with Gasteiger partial charge in [0.25, 0.3) is 5.91 Å². The molecule has 7 heteroatoms. The molecule has 1 unspecified atom stereocenters. The molecule has 0 bridgehead atoms. The van der Waals surface area contributed by atoms with Gasteiger partial charge in [0.2, 0.25) is 0 Å². The number of nitro benzene ring substituents is 1. The van der Waals surface area contributed by atoms with Crippen molar-refractivity contribution >= 4 is 35.0 Å². The van der Waals surface area contributed by atoms with Crippen LogP contribution in [0.5, 0.6) is 0 Å². The Balaban J connectivity index is 2.33. The van der Waals surface area contributed by atoms with Gasteiger partial charge in [0.05, 0.1) is 4.92 Å². The van der Waals surface area contributed by atoms with E-state index in [1.54, 1.807) is 29.8 Å². The van der Waals surface area contributed by atoms with E-state index in [4.69, 9.17) is 11.6 Å². The summed E-state index contributed by atoms with van der Waals surface area (Å²) in [7, 11) is 1.68. The largest absolute Gasteiger partial charge is 0.338 e. The number of benzene rings is 1. The van der Waals surface area contributed by atoms with Crippen molar-refractivity contribution < 1.29 is 9.72 Å². The van der Waals surface area contributed by atoms with Crippen LogP contribution in [0.3, 0.4) is 0 Å². The molecule has 1 amide bonds. The highest BCUT2D eigenvalue weighted by Crippen LogP contribution is 2.30. The zero-order valence-corrected chi connectivity index (χ0v) is 11.9. The maximum absolute atomic E-state index is 12.4. The van der Waals surface area contributed by atoms with Crippen LogP contribution < -0.4 is 0 Å². The van der Waals surface area contributed by atoms with Crippen LogP contribution in [0.15, 0.2) is 18.2 Å². The van der Waals surface area contributed by atoms with Gasteiger partial charge in [-0.15, -0.1) is 0 Å². The van der Waals surface area contributed by atoms with Gasteiger partial charge >= 0.3 is 5.69 Å². The molecule has 0 N–H and O–H groups in total. The number of rotatable bonds is 3. The monoisotopic (exact) mass is 300 g/mol. The van der Waals surface area contributed by atoms with Crippen molar-refractivity contribution in [1.29, 1.82) is 0 Å². The summed E-state index contributed by atoms with van der Waals surface area (Å²) in [6, 6.07) is 4.56. The van der Waals surface area contributed by atoms with Gasteiger partial charge in [-0.05, 0) is 24.3 Å². The Kier molecular flexibility index (Phi) is 4.31. The van der Waals surface area contributed by atoms with Crippen LogP contribution >= 0.6 is 23.4 Å². The molecule has 5 nitrogen and oxygen atoms in total. The molecular formula is C12H13ClN2O3S. The van der Waals surface area contributed by atoms with E-state index in [9.17, 15) is 14.9 Å². The second-order valence-corrected chi connectivity index (χ2v) is 5.88. The molecule has 0 aliphatic carbocycles. The van der Waals surface area contributed by atoms with Crippen LogP contribution in [0.4, 0.5) is 5.69 Å². The molecule has 1 aliphatic heterocycles.